The van der Waals surface area contributed by atoms with Crippen LogP contribution in [-0.2, 0) is 11.3 Å². The summed E-state index contributed by atoms with van der Waals surface area (Å²) >= 11 is 1.39. The van der Waals surface area contributed by atoms with Crippen LogP contribution in [0.4, 0.5) is 4.39 Å². The van der Waals surface area contributed by atoms with E-state index in [1.54, 1.807) is 12.1 Å². The number of carbonyl (C=O) groups is 1. The molecular weight excluding hydrogens is 411 g/mol. The number of hydrogen-bond acceptors (Lipinski definition) is 4. The average molecular weight is 439 g/mol. The second-order valence-corrected chi connectivity index (χ2v) is 9.14. The Labute approximate surface area is 186 Å². The Balaban J connectivity index is 1.48. The highest BCUT2D eigenvalue weighted by Crippen LogP contribution is 2.26. The predicted molar refractivity (Wildman–Crippen MR) is 121 cm³/mol. The molecule has 3 aromatic rings. The first-order chi connectivity index (χ1) is 15.1. The van der Waals surface area contributed by atoms with Crippen LogP contribution in [0.5, 0.6) is 0 Å². The van der Waals surface area contributed by atoms with Gasteiger partial charge in [-0.2, -0.15) is 0 Å². The molecule has 0 saturated heterocycles. The lowest BCUT2D eigenvalue weighted by atomic mass is 9.87. The molecule has 1 aliphatic rings. The van der Waals surface area contributed by atoms with Crippen molar-refractivity contribution in [3.8, 4) is 11.4 Å². The smallest absolute Gasteiger partial charge is 0.230 e. The zero-order valence-corrected chi connectivity index (χ0v) is 18.4. The van der Waals surface area contributed by atoms with E-state index in [0.29, 0.717) is 23.3 Å². The Morgan fingerprint density at radius 1 is 1.06 bits per heavy atom. The number of nitrogens with zero attached hydrogens (tertiary/aromatic N) is 3. The molecule has 31 heavy (non-hydrogen) atoms. The molecule has 0 radical (unpaired) electrons. The third-order valence-electron chi connectivity index (χ3n) is 5.72. The van der Waals surface area contributed by atoms with E-state index in [9.17, 15) is 9.18 Å². The number of hydrogen-bond donors (Lipinski definition) is 1. The lowest BCUT2D eigenvalue weighted by Crippen LogP contribution is -2.38. The molecule has 4 rings (SSSR count). The average Bonchev–Trinajstić information content (AvgIpc) is 3.17. The highest BCUT2D eigenvalue weighted by molar-refractivity contribution is 7.99. The summed E-state index contributed by atoms with van der Waals surface area (Å²) in [5.41, 5.74) is 1.89. The maximum Gasteiger partial charge on any atom is 0.230 e. The number of halogens is 1. The lowest BCUT2D eigenvalue weighted by molar-refractivity contribution is -0.119. The second-order valence-electron chi connectivity index (χ2n) is 8.20. The summed E-state index contributed by atoms with van der Waals surface area (Å²) in [4.78, 5) is 12.5. The van der Waals surface area contributed by atoms with E-state index in [0.717, 1.165) is 29.9 Å². The Morgan fingerprint density at radius 3 is 2.48 bits per heavy atom. The Kier molecular flexibility index (Phi) is 7.02. The van der Waals surface area contributed by atoms with Crippen molar-refractivity contribution in [2.24, 2.45) is 5.92 Å². The van der Waals surface area contributed by atoms with Crippen LogP contribution in [0.15, 0.2) is 59.8 Å². The van der Waals surface area contributed by atoms with Gasteiger partial charge >= 0.3 is 0 Å². The standard InChI is InChI=1S/C24H27FN4OS/c1-17-7-13-21(14-8-17)26-22(30)16-31-24-28-27-23(19-9-11-20(25)12-10-19)29(24)15-18-5-3-2-4-6-18/h2-6,9-12,17,21H,7-8,13-16H2,1H3,(H,26,30). The highest BCUT2D eigenvalue weighted by Gasteiger charge is 2.21. The molecule has 1 N–H and O–H groups in total. The van der Waals surface area contributed by atoms with Gasteiger partial charge in [0.1, 0.15) is 5.82 Å². The van der Waals surface area contributed by atoms with E-state index >= 15 is 0 Å². The fourth-order valence-electron chi connectivity index (χ4n) is 3.92. The third-order valence-corrected chi connectivity index (χ3v) is 6.68. The molecule has 1 aromatic heterocycles. The maximum atomic E-state index is 13.4. The van der Waals surface area contributed by atoms with E-state index in [2.05, 4.69) is 22.4 Å². The van der Waals surface area contributed by atoms with Crippen molar-refractivity contribution in [3.05, 3.63) is 66.0 Å². The minimum absolute atomic E-state index is 0.0298. The van der Waals surface area contributed by atoms with Gasteiger partial charge < -0.3 is 5.32 Å². The Bertz CT molecular complexity index is 998. The Morgan fingerprint density at radius 2 is 1.77 bits per heavy atom. The second kappa shape index (κ2) is 10.1. The molecule has 1 heterocycles. The van der Waals surface area contributed by atoms with Crippen molar-refractivity contribution in [1.29, 1.82) is 0 Å². The van der Waals surface area contributed by atoms with Crippen molar-refractivity contribution in [1.82, 2.24) is 20.1 Å². The van der Waals surface area contributed by atoms with Crippen LogP contribution in [0, 0.1) is 11.7 Å². The Hall–Kier alpha value is -2.67. The lowest BCUT2D eigenvalue weighted by Gasteiger charge is -2.26. The number of nitrogens with one attached hydrogen (secondary N) is 1. The molecule has 1 fully saturated rings. The van der Waals surface area contributed by atoms with Crippen molar-refractivity contribution in [2.45, 2.75) is 50.4 Å². The van der Waals surface area contributed by atoms with E-state index in [1.807, 2.05) is 34.9 Å². The molecule has 1 amide bonds. The van der Waals surface area contributed by atoms with Gasteiger partial charge in [0.25, 0.3) is 0 Å². The van der Waals surface area contributed by atoms with Crippen LogP contribution in [0.2, 0.25) is 0 Å². The van der Waals surface area contributed by atoms with Crippen molar-refractivity contribution < 1.29 is 9.18 Å². The normalized spacial score (nSPS) is 18.6. The number of benzene rings is 2. The van der Waals surface area contributed by atoms with Gasteiger partial charge in [0.2, 0.25) is 5.91 Å². The van der Waals surface area contributed by atoms with Gasteiger partial charge in [-0.25, -0.2) is 4.39 Å². The third kappa shape index (κ3) is 5.73. The zero-order valence-electron chi connectivity index (χ0n) is 17.6. The first kappa shape index (κ1) is 21.6. The number of thioether (sulfide) groups is 1. The number of rotatable bonds is 7. The summed E-state index contributed by atoms with van der Waals surface area (Å²) in [5.74, 6) is 1.45. The molecule has 0 spiro atoms. The van der Waals surface area contributed by atoms with Crippen LogP contribution in [0.3, 0.4) is 0 Å². The van der Waals surface area contributed by atoms with Crippen LogP contribution in [0.25, 0.3) is 11.4 Å². The molecule has 2 aromatic carbocycles. The predicted octanol–water partition coefficient (Wildman–Crippen LogP) is 4.92. The van der Waals surface area contributed by atoms with Gasteiger partial charge in [0, 0.05) is 11.6 Å². The quantitative estimate of drug-likeness (QED) is 0.532. The molecule has 1 saturated carbocycles. The maximum absolute atomic E-state index is 13.4. The van der Waals surface area contributed by atoms with Crippen LogP contribution >= 0.6 is 11.8 Å². The van der Waals surface area contributed by atoms with Gasteiger partial charge in [-0.3, -0.25) is 9.36 Å². The van der Waals surface area contributed by atoms with Crippen LogP contribution in [-0.4, -0.2) is 32.5 Å². The van der Waals surface area contributed by atoms with E-state index < -0.39 is 0 Å². The van der Waals surface area contributed by atoms with E-state index in [1.165, 1.54) is 36.7 Å². The molecule has 0 bridgehead atoms. The fraction of sp³-hybridized carbons (Fsp3) is 0.375. The van der Waals surface area contributed by atoms with Crippen molar-refractivity contribution in [3.63, 3.8) is 0 Å². The van der Waals surface area contributed by atoms with Gasteiger partial charge in [-0.05, 0) is 61.4 Å². The van der Waals surface area contributed by atoms with Gasteiger partial charge in [-0.1, -0.05) is 49.0 Å². The van der Waals surface area contributed by atoms with Gasteiger partial charge in [0.15, 0.2) is 11.0 Å². The summed E-state index contributed by atoms with van der Waals surface area (Å²) in [6.07, 6.45) is 4.45. The summed E-state index contributed by atoms with van der Waals surface area (Å²) in [7, 11) is 0. The van der Waals surface area contributed by atoms with Crippen molar-refractivity contribution in [2.75, 3.05) is 5.75 Å². The van der Waals surface area contributed by atoms with E-state index in [-0.39, 0.29) is 17.8 Å². The molecule has 7 heteroatoms. The summed E-state index contributed by atoms with van der Waals surface area (Å²) in [5, 5.41) is 12.5. The minimum Gasteiger partial charge on any atom is -0.353 e. The SMILES string of the molecule is CC1CCC(NC(=O)CSc2nnc(-c3ccc(F)cc3)n2Cc2ccccc2)CC1. The number of amides is 1. The topological polar surface area (TPSA) is 59.8 Å². The zero-order chi connectivity index (χ0) is 21.6. The summed E-state index contributed by atoms with van der Waals surface area (Å²) < 4.78 is 15.4. The van der Waals surface area contributed by atoms with Crippen molar-refractivity contribution >= 4 is 17.7 Å². The highest BCUT2D eigenvalue weighted by atomic mass is 32.2. The molecule has 5 nitrogen and oxygen atoms in total. The fourth-order valence-corrected chi connectivity index (χ4v) is 4.67. The van der Waals surface area contributed by atoms with E-state index in [4.69, 9.17) is 0 Å². The molecule has 162 valence electrons. The molecular formula is C24H27FN4OS. The van der Waals surface area contributed by atoms with Gasteiger partial charge in [0.05, 0.1) is 12.3 Å². The first-order valence-corrected chi connectivity index (χ1v) is 11.7. The number of aromatic nitrogens is 3. The monoisotopic (exact) mass is 438 g/mol. The largest absolute Gasteiger partial charge is 0.353 e. The molecule has 0 aliphatic heterocycles. The molecule has 1 aliphatic carbocycles. The van der Waals surface area contributed by atoms with Gasteiger partial charge in [-0.15, -0.1) is 10.2 Å². The number of carbonyl (C=O) groups excluding carboxylic acids is 1. The first-order valence-electron chi connectivity index (χ1n) is 10.7. The summed E-state index contributed by atoms with van der Waals surface area (Å²) in [6.45, 7) is 2.84. The molecule has 0 unspecified atom stereocenters. The minimum atomic E-state index is -0.291. The van der Waals surface area contributed by atoms with Crippen LogP contribution in [0.1, 0.15) is 38.2 Å². The van der Waals surface area contributed by atoms with Crippen LogP contribution < -0.4 is 5.32 Å². The summed E-state index contributed by atoms with van der Waals surface area (Å²) in [6, 6.07) is 16.6. The molecule has 0 atom stereocenters.